The van der Waals surface area contributed by atoms with Crippen molar-refractivity contribution in [3.8, 4) is 0 Å². The molecule has 17 nitrogen and oxygen atoms in total. The van der Waals surface area contributed by atoms with Crippen molar-refractivity contribution < 1.29 is 80.2 Å². The lowest BCUT2D eigenvalue weighted by molar-refractivity contribution is -0.161. The molecule has 0 rings (SSSR count). The van der Waals surface area contributed by atoms with E-state index in [9.17, 15) is 43.2 Å². The second-order valence-electron chi connectivity index (χ2n) is 28.2. The molecule has 0 fully saturated rings. The van der Waals surface area contributed by atoms with Gasteiger partial charge in [0.15, 0.2) is 12.2 Å². The fourth-order valence-electron chi connectivity index (χ4n) is 11.0. The van der Waals surface area contributed by atoms with Crippen molar-refractivity contribution in [2.24, 2.45) is 23.7 Å². The minimum Gasteiger partial charge on any atom is -0.462 e. The Morgan fingerprint density at radius 3 is 0.674 bits per heavy atom. The van der Waals surface area contributed by atoms with Crippen LogP contribution >= 0.6 is 15.6 Å². The lowest BCUT2D eigenvalue weighted by atomic mass is 10.0. The topological polar surface area (TPSA) is 237 Å². The molecular formula is C73H142O17P2. The van der Waals surface area contributed by atoms with Gasteiger partial charge in [-0.1, -0.05) is 312 Å². The molecule has 0 aromatic heterocycles. The number of phosphoric ester groups is 2. The molecule has 0 aromatic rings. The summed E-state index contributed by atoms with van der Waals surface area (Å²) in [6.07, 6.45) is 45.9. The number of esters is 4. The van der Waals surface area contributed by atoms with Crippen molar-refractivity contribution in [3.63, 3.8) is 0 Å². The summed E-state index contributed by atoms with van der Waals surface area (Å²) in [7, 11) is -9.91. The third kappa shape index (κ3) is 66.7. The van der Waals surface area contributed by atoms with E-state index in [1.807, 2.05) is 0 Å². The first kappa shape index (κ1) is 90.1. The van der Waals surface area contributed by atoms with Gasteiger partial charge in [-0.2, -0.15) is 0 Å². The Hall–Kier alpha value is -1.94. The van der Waals surface area contributed by atoms with Crippen LogP contribution in [0.25, 0.3) is 0 Å². The molecule has 0 aliphatic rings. The van der Waals surface area contributed by atoms with Gasteiger partial charge in [-0.05, 0) is 49.4 Å². The van der Waals surface area contributed by atoms with Gasteiger partial charge in [-0.15, -0.1) is 0 Å². The lowest BCUT2D eigenvalue weighted by Crippen LogP contribution is -2.30. The number of phosphoric acid groups is 2. The molecule has 19 heteroatoms. The molecule has 0 aliphatic carbocycles. The van der Waals surface area contributed by atoms with Gasteiger partial charge >= 0.3 is 39.5 Å². The number of hydrogen-bond donors (Lipinski definition) is 3. The molecule has 0 aliphatic heterocycles. The Bertz CT molecular complexity index is 1820. The molecule has 0 heterocycles. The Balaban J connectivity index is 5.24. The van der Waals surface area contributed by atoms with Crippen LogP contribution in [0.15, 0.2) is 0 Å². The largest absolute Gasteiger partial charge is 0.472 e. The normalized spacial score (nSPS) is 14.2. The molecule has 5 atom stereocenters. The highest BCUT2D eigenvalue weighted by atomic mass is 31.2. The molecule has 0 saturated carbocycles. The Labute approximate surface area is 562 Å². The molecule has 546 valence electrons. The summed E-state index contributed by atoms with van der Waals surface area (Å²) >= 11 is 0. The van der Waals surface area contributed by atoms with Crippen LogP contribution in [0.4, 0.5) is 0 Å². The number of unbranched alkanes of at least 4 members (excludes halogenated alkanes) is 36. The summed E-state index contributed by atoms with van der Waals surface area (Å²) in [5.74, 6) is 0.863. The number of carbonyl (C=O) groups excluding carboxylic acids is 4. The zero-order chi connectivity index (χ0) is 68.2. The van der Waals surface area contributed by atoms with E-state index in [4.69, 9.17) is 37.0 Å². The van der Waals surface area contributed by atoms with E-state index in [0.717, 1.165) is 108 Å². The van der Waals surface area contributed by atoms with Gasteiger partial charge in [0.1, 0.15) is 19.3 Å². The fraction of sp³-hybridized carbons (Fsp3) is 0.945. The predicted octanol–water partition coefficient (Wildman–Crippen LogP) is 20.9. The van der Waals surface area contributed by atoms with Gasteiger partial charge in [0.2, 0.25) is 0 Å². The highest BCUT2D eigenvalue weighted by molar-refractivity contribution is 7.47. The Morgan fingerprint density at radius 1 is 0.272 bits per heavy atom. The fourth-order valence-corrected chi connectivity index (χ4v) is 12.6. The number of ether oxygens (including phenoxy) is 4. The van der Waals surface area contributed by atoms with Crippen LogP contribution < -0.4 is 0 Å². The van der Waals surface area contributed by atoms with Gasteiger partial charge in [0.25, 0.3) is 0 Å². The van der Waals surface area contributed by atoms with E-state index in [2.05, 4.69) is 55.4 Å². The van der Waals surface area contributed by atoms with Crippen LogP contribution in [0, 0.1) is 23.7 Å². The lowest BCUT2D eigenvalue weighted by Gasteiger charge is -2.21. The van der Waals surface area contributed by atoms with Crippen molar-refractivity contribution in [1.82, 2.24) is 0 Å². The average Bonchev–Trinajstić information content (AvgIpc) is 3.68. The van der Waals surface area contributed by atoms with Crippen LogP contribution in [0.5, 0.6) is 0 Å². The minimum absolute atomic E-state index is 0.103. The first-order valence-corrected chi connectivity index (χ1v) is 40.7. The number of aliphatic hydroxyl groups excluding tert-OH is 1. The SMILES string of the molecule is CC(C)CCCCCCCCCCCCCCCC(=O)OC[C@H](COP(=O)(O)OCC(O)COP(=O)(O)OC[C@@H](COC(=O)CCCCCCCCCCC(C)C)OC(=O)CCCCCCCCCC(C)C)OC(=O)CCCCCCCCCCCCCCC(C)C. The first-order chi connectivity index (χ1) is 44.1. The zero-order valence-electron chi connectivity index (χ0n) is 60.2. The molecule has 0 bridgehead atoms. The molecule has 0 amide bonds. The Morgan fingerprint density at radius 2 is 0.457 bits per heavy atom. The van der Waals surface area contributed by atoms with Gasteiger partial charge < -0.3 is 33.8 Å². The first-order valence-electron chi connectivity index (χ1n) is 37.7. The Kier molecular flexibility index (Phi) is 61.3. The second-order valence-corrected chi connectivity index (χ2v) is 31.1. The second kappa shape index (κ2) is 62.6. The van der Waals surface area contributed by atoms with E-state index in [0.29, 0.717) is 31.6 Å². The maximum atomic E-state index is 13.1. The molecule has 3 N–H and O–H groups in total. The van der Waals surface area contributed by atoms with E-state index in [-0.39, 0.29) is 25.7 Å². The number of hydrogen-bond acceptors (Lipinski definition) is 15. The average molecular weight is 1350 g/mol. The minimum atomic E-state index is -4.96. The van der Waals surface area contributed by atoms with Crippen LogP contribution in [0.1, 0.15) is 364 Å². The summed E-state index contributed by atoms with van der Waals surface area (Å²) in [5, 5.41) is 10.6. The van der Waals surface area contributed by atoms with Crippen LogP contribution in [-0.2, 0) is 65.4 Å². The number of carbonyl (C=O) groups is 4. The van der Waals surface area contributed by atoms with Gasteiger partial charge in [0, 0.05) is 25.7 Å². The monoisotopic (exact) mass is 1350 g/mol. The molecule has 3 unspecified atom stereocenters. The van der Waals surface area contributed by atoms with Crippen LogP contribution in [-0.4, -0.2) is 96.7 Å². The third-order valence-electron chi connectivity index (χ3n) is 16.8. The smallest absolute Gasteiger partial charge is 0.462 e. The number of aliphatic hydroxyl groups is 1. The van der Waals surface area contributed by atoms with Crippen molar-refractivity contribution in [1.29, 1.82) is 0 Å². The summed E-state index contributed by atoms with van der Waals surface area (Å²) in [6.45, 7) is 14.1. The summed E-state index contributed by atoms with van der Waals surface area (Å²) in [4.78, 5) is 72.7. The van der Waals surface area contributed by atoms with Crippen LogP contribution in [0.2, 0.25) is 0 Å². The predicted molar refractivity (Wildman–Crippen MR) is 372 cm³/mol. The molecule has 0 spiro atoms. The quantitative estimate of drug-likeness (QED) is 0.0222. The van der Waals surface area contributed by atoms with Crippen molar-refractivity contribution in [2.75, 3.05) is 39.6 Å². The standard InChI is InChI=1S/C73H142O17P2/c1-63(2)49-41-33-25-18-14-10-9-11-16-20-29-37-45-53-70(75)83-59-68(89-72(77)55-47-39-31-21-17-13-12-15-19-26-34-42-50-64(3)4)61-87-91(79,80)85-57-67(74)58-86-92(81,82)88-62-69(90-73(78)56-48-40-32-24-28-36-44-52-66(7)8)60-84-71(76)54-46-38-30-23-22-27-35-43-51-65(5)6/h63-69,74H,9-62H2,1-8H3,(H,79,80)(H,81,82)/t67?,68-,69-/m1/s1. The number of rotatable bonds is 70. The third-order valence-corrected chi connectivity index (χ3v) is 18.7. The molecular weight excluding hydrogens is 1210 g/mol. The zero-order valence-corrected chi connectivity index (χ0v) is 62.0. The van der Waals surface area contributed by atoms with Crippen molar-refractivity contribution >= 4 is 39.5 Å². The van der Waals surface area contributed by atoms with E-state index < -0.39 is 97.5 Å². The maximum Gasteiger partial charge on any atom is 0.472 e. The molecule has 0 aromatic carbocycles. The summed E-state index contributed by atoms with van der Waals surface area (Å²) in [5.41, 5.74) is 0. The maximum absolute atomic E-state index is 13.1. The van der Waals surface area contributed by atoms with E-state index in [1.54, 1.807) is 0 Å². The highest BCUT2D eigenvalue weighted by Gasteiger charge is 2.30. The van der Waals surface area contributed by atoms with Crippen LogP contribution in [0.3, 0.4) is 0 Å². The molecule has 0 radical (unpaired) electrons. The summed E-state index contributed by atoms with van der Waals surface area (Å²) in [6, 6.07) is 0. The van der Waals surface area contributed by atoms with Gasteiger partial charge in [0.05, 0.1) is 26.4 Å². The highest BCUT2D eigenvalue weighted by Crippen LogP contribution is 2.45. The van der Waals surface area contributed by atoms with E-state index >= 15 is 0 Å². The molecule has 92 heavy (non-hydrogen) atoms. The van der Waals surface area contributed by atoms with E-state index in [1.165, 1.54) is 167 Å². The van der Waals surface area contributed by atoms with Crippen molar-refractivity contribution in [2.45, 2.75) is 382 Å². The van der Waals surface area contributed by atoms with Gasteiger partial charge in [-0.25, -0.2) is 9.13 Å². The summed E-state index contributed by atoms with van der Waals surface area (Å²) < 4.78 is 68.4. The molecule has 0 saturated heterocycles. The van der Waals surface area contributed by atoms with Crippen molar-refractivity contribution in [3.05, 3.63) is 0 Å². The van der Waals surface area contributed by atoms with Gasteiger partial charge in [-0.3, -0.25) is 37.3 Å².